The summed E-state index contributed by atoms with van der Waals surface area (Å²) in [5.41, 5.74) is 4.09. The van der Waals surface area contributed by atoms with Gasteiger partial charge in [0.05, 0.1) is 16.1 Å². The fourth-order valence-corrected chi connectivity index (χ4v) is 5.63. The first-order chi connectivity index (χ1) is 14.2. The van der Waals surface area contributed by atoms with E-state index in [4.69, 9.17) is 0 Å². The van der Waals surface area contributed by atoms with Gasteiger partial charge in [0, 0.05) is 18.2 Å². The minimum Gasteiger partial charge on any atom is -0.349 e. The zero-order valence-electron chi connectivity index (χ0n) is 16.3. The zero-order valence-corrected chi connectivity index (χ0v) is 17.1. The van der Waals surface area contributed by atoms with Crippen LogP contribution in [-0.4, -0.2) is 16.5 Å². The molecule has 1 aliphatic carbocycles. The van der Waals surface area contributed by atoms with Crippen LogP contribution in [0.1, 0.15) is 48.0 Å². The second-order valence-corrected chi connectivity index (χ2v) is 8.89. The molecule has 1 amide bonds. The molecule has 2 aliphatic rings. The minimum absolute atomic E-state index is 0.0144. The Morgan fingerprint density at radius 1 is 1.07 bits per heavy atom. The molecule has 3 aromatic rings. The molecule has 5 heteroatoms. The van der Waals surface area contributed by atoms with Crippen LogP contribution in [0.3, 0.4) is 0 Å². The lowest BCUT2D eigenvalue weighted by Crippen LogP contribution is -2.38. The van der Waals surface area contributed by atoms with Gasteiger partial charge in [0.25, 0.3) is 11.5 Å². The zero-order chi connectivity index (χ0) is 19.8. The molecule has 148 valence electrons. The maximum Gasteiger partial charge on any atom is 0.258 e. The molecular weight excluding hydrogens is 380 g/mol. The van der Waals surface area contributed by atoms with Gasteiger partial charge in [0.1, 0.15) is 0 Å². The summed E-state index contributed by atoms with van der Waals surface area (Å²) >= 11 is 1.62. The molecule has 29 heavy (non-hydrogen) atoms. The highest BCUT2D eigenvalue weighted by molar-refractivity contribution is 7.13. The molecule has 0 unspecified atom stereocenters. The average Bonchev–Trinajstić information content (AvgIpc) is 3.24. The van der Waals surface area contributed by atoms with Crippen LogP contribution in [0.5, 0.6) is 0 Å². The number of fused-ring (bicyclic) bond motifs is 3. The number of pyridine rings is 1. The van der Waals surface area contributed by atoms with E-state index in [1.165, 1.54) is 24.8 Å². The molecule has 0 bridgehead atoms. The smallest absolute Gasteiger partial charge is 0.258 e. The molecule has 1 aliphatic heterocycles. The molecule has 0 atom stereocenters. The van der Waals surface area contributed by atoms with E-state index in [1.54, 1.807) is 11.3 Å². The summed E-state index contributed by atoms with van der Waals surface area (Å²) in [6.07, 6.45) is 6.49. The first-order valence-corrected chi connectivity index (χ1v) is 11.3. The third-order valence-corrected chi connectivity index (χ3v) is 7.09. The number of hydrogen-bond acceptors (Lipinski definition) is 3. The predicted octanol–water partition coefficient (Wildman–Crippen LogP) is 4.86. The van der Waals surface area contributed by atoms with Gasteiger partial charge >= 0.3 is 0 Å². The second-order valence-electron chi connectivity index (χ2n) is 7.98. The van der Waals surface area contributed by atoms with Crippen molar-refractivity contribution in [1.29, 1.82) is 0 Å². The van der Waals surface area contributed by atoms with Crippen molar-refractivity contribution in [3.05, 3.63) is 69.3 Å². The van der Waals surface area contributed by atoms with Crippen molar-refractivity contribution in [3.8, 4) is 21.7 Å². The second kappa shape index (κ2) is 7.64. The molecule has 0 spiro atoms. The number of carbonyl (C=O) groups is 1. The monoisotopic (exact) mass is 404 g/mol. The van der Waals surface area contributed by atoms with Gasteiger partial charge in [-0.2, -0.15) is 0 Å². The SMILES string of the molecule is O=C(NC1CCCCC1)c1cc(-c2ccccc2)c(=O)n2c1-c1sccc1CC2. The van der Waals surface area contributed by atoms with Crippen LogP contribution < -0.4 is 10.9 Å². The fraction of sp³-hybridized carbons (Fsp3) is 0.333. The average molecular weight is 405 g/mol. The van der Waals surface area contributed by atoms with E-state index < -0.39 is 0 Å². The van der Waals surface area contributed by atoms with E-state index in [1.807, 2.05) is 41.0 Å². The van der Waals surface area contributed by atoms with Crippen LogP contribution in [0.4, 0.5) is 0 Å². The van der Waals surface area contributed by atoms with Crippen molar-refractivity contribution in [3.63, 3.8) is 0 Å². The number of thiophene rings is 1. The summed E-state index contributed by atoms with van der Waals surface area (Å²) in [5.74, 6) is -0.0564. The Hall–Kier alpha value is -2.66. The van der Waals surface area contributed by atoms with E-state index in [0.717, 1.165) is 35.4 Å². The lowest BCUT2D eigenvalue weighted by molar-refractivity contribution is 0.0927. The van der Waals surface area contributed by atoms with Gasteiger partial charge in [-0.1, -0.05) is 49.6 Å². The molecule has 5 rings (SSSR count). The lowest BCUT2D eigenvalue weighted by atomic mass is 9.94. The maximum absolute atomic E-state index is 13.4. The van der Waals surface area contributed by atoms with Crippen LogP contribution in [0.25, 0.3) is 21.7 Å². The molecule has 0 radical (unpaired) electrons. The Morgan fingerprint density at radius 3 is 2.66 bits per heavy atom. The van der Waals surface area contributed by atoms with Gasteiger partial charge in [0.2, 0.25) is 0 Å². The van der Waals surface area contributed by atoms with Gasteiger partial charge < -0.3 is 9.88 Å². The molecule has 2 aromatic heterocycles. The number of amides is 1. The highest BCUT2D eigenvalue weighted by atomic mass is 32.1. The summed E-state index contributed by atoms with van der Waals surface area (Å²) in [5, 5.41) is 5.31. The summed E-state index contributed by atoms with van der Waals surface area (Å²) < 4.78 is 1.82. The summed E-state index contributed by atoms with van der Waals surface area (Å²) in [7, 11) is 0. The highest BCUT2D eigenvalue weighted by Gasteiger charge is 2.28. The molecule has 4 nitrogen and oxygen atoms in total. The molecule has 1 aromatic carbocycles. The quantitative estimate of drug-likeness (QED) is 0.678. The molecule has 3 heterocycles. The Bertz CT molecular complexity index is 1110. The maximum atomic E-state index is 13.4. The van der Waals surface area contributed by atoms with Crippen LogP contribution in [-0.2, 0) is 13.0 Å². The van der Waals surface area contributed by atoms with E-state index in [9.17, 15) is 9.59 Å². The first kappa shape index (κ1) is 18.4. The van der Waals surface area contributed by atoms with Gasteiger partial charge in [-0.15, -0.1) is 11.3 Å². The number of nitrogens with one attached hydrogen (secondary N) is 1. The van der Waals surface area contributed by atoms with Crippen molar-refractivity contribution >= 4 is 17.2 Å². The molecule has 0 saturated heterocycles. The summed E-state index contributed by atoms with van der Waals surface area (Å²) in [6.45, 7) is 0.613. The van der Waals surface area contributed by atoms with E-state index in [2.05, 4.69) is 16.8 Å². The Labute approximate surface area is 174 Å². The molecule has 1 N–H and O–H groups in total. The number of aryl methyl sites for hydroxylation is 1. The van der Waals surface area contributed by atoms with Crippen molar-refractivity contribution in [2.24, 2.45) is 0 Å². The first-order valence-electron chi connectivity index (χ1n) is 10.4. The molecular formula is C24H24N2O2S. The van der Waals surface area contributed by atoms with E-state index in [0.29, 0.717) is 17.7 Å². The lowest BCUT2D eigenvalue weighted by Gasteiger charge is -2.26. The Balaban J connectivity index is 1.66. The number of carbonyl (C=O) groups excluding carboxylic acids is 1. The number of benzene rings is 1. The summed E-state index contributed by atoms with van der Waals surface area (Å²) in [6, 6.07) is 13.8. The number of aromatic nitrogens is 1. The topological polar surface area (TPSA) is 51.1 Å². The van der Waals surface area contributed by atoms with Crippen molar-refractivity contribution in [2.45, 2.75) is 51.1 Å². The highest BCUT2D eigenvalue weighted by Crippen LogP contribution is 2.37. The van der Waals surface area contributed by atoms with Crippen molar-refractivity contribution in [2.75, 3.05) is 0 Å². The van der Waals surface area contributed by atoms with Gasteiger partial charge in [0.15, 0.2) is 0 Å². The van der Waals surface area contributed by atoms with Gasteiger partial charge in [-0.3, -0.25) is 9.59 Å². The van der Waals surface area contributed by atoms with Crippen LogP contribution in [0, 0.1) is 0 Å². The predicted molar refractivity (Wildman–Crippen MR) is 117 cm³/mol. The fourth-order valence-electron chi connectivity index (χ4n) is 4.61. The number of hydrogen-bond donors (Lipinski definition) is 1. The van der Waals surface area contributed by atoms with Crippen LogP contribution >= 0.6 is 11.3 Å². The van der Waals surface area contributed by atoms with E-state index in [-0.39, 0.29) is 17.5 Å². The largest absolute Gasteiger partial charge is 0.349 e. The third kappa shape index (κ3) is 3.33. The van der Waals surface area contributed by atoms with Crippen molar-refractivity contribution < 1.29 is 4.79 Å². The minimum atomic E-state index is -0.0564. The molecule has 1 fully saturated rings. The molecule has 1 saturated carbocycles. The van der Waals surface area contributed by atoms with Crippen LogP contribution in [0.15, 0.2) is 52.6 Å². The van der Waals surface area contributed by atoms with E-state index >= 15 is 0 Å². The normalized spacial score (nSPS) is 16.1. The van der Waals surface area contributed by atoms with Gasteiger partial charge in [-0.05, 0) is 47.9 Å². The number of nitrogens with zero attached hydrogens (tertiary/aromatic N) is 1. The van der Waals surface area contributed by atoms with Gasteiger partial charge in [-0.25, -0.2) is 0 Å². The third-order valence-electron chi connectivity index (χ3n) is 6.13. The number of rotatable bonds is 3. The van der Waals surface area contributed by atoms with Crippen LogP contribution in [0.2, 0.25) is 0 Å². The Kier molecular flexibility index (Phi) is 4.84. The van der Waals surface area contributed by atoms with Crippen molar-refractivity contribution in [1.82, 2.24) is 9.88 Å². The summed E-state index contributed by atoms with van der Waals surface area (Å²) in [4.78, 5) is 27.8. The standard InChI is InChI=1S/C24H24N2O2S/c27-23(25-18-9-5-2-6-10-18)20-15-19(16-7-3-1-4-8-16)24(28)26-13-11-17-12-14-29-22(17)21(20)26/h1,3-4,7-8,12,14-15,18H,2,5-6,9-11,13H2,(H,25,27). The Morgan fingerprint density at radius 2 is 1.86 bits per heavy atom.